The Labute approximate surface area is 132 Å². The molecule has 0 aliphatic carbocycles. The molecule has 22 heavy (non-hydrogen) atoms. The average molecular weight is 296 g/mol. The molecule has 2 aromatic carbocycles. The largest absolute Gasteiger partial charge is 0.348 e. The van der Waals surface area contributed by atoms with Crippen LogP contribution in [0.4, 0.5) is 0 Å². The Morgan fingerprint density at radius 1 is 0.864 bits per heavy atom. The zero-order chi connectivity index (χ0) is 16.1. The number of amides is 1. The van der Waals surface area contributed by atoms with Crippen molar-refractivity contribution in [1.29, 1.82) is 0 Å². The minimum absolute atomic E-state index is 0.0662. The Hall–Kier alpha value is -2.13. The van der Waals surface area contributed by atoms with E-state index in [-0.39, 0.29) is 11.9 Å². The zero-order valence-electron chi connectivity index (χ0n) is 13.4. The van der Waals surface area contributed by atoms with E-state index in [0.29, 0.717) is 5.92 Å². The zero-order valence-corrected chi connectivity index (χ0v) is 13.4. The highest BCUT2D eigenvalue weighted by atomic mass is 16.2. The maximum Gasteiger partial charge on any atom is 0.241 e. The molecule has 2 aromatic rings. The first-order valence-corrected chi connectivity index (χ1v) is 7.69. The normalized spacial score (nSPS) is 13.7. The summed E-state index contributed by atoms with van der Waals surface area (Å²) in [7, 11) is 0. The third kappa shape index (κ3) is 3.95. The number of nitrogens with two attached hydrogens (primary N) is 1. The third-order valence-electron chi connectivity index (χ3n) is 3.90. The molecule has 2 atom stereocenters. The van der Waals surface area contributed by atoms with Crippen molar-refractivity contribution in [2.75, 3.05) is 0 Å². The van der Waals surface area contributed by atoms with Gasteiger partial charge in [-0.15, -0.1) is 0 Å². The molecule has 3 nitrogen and oxygen atoms in total. The predicted molar refractivity (Wildman–Crippen MR) is 90.5 cm³/mol. The van der Waals surface area contributed by atoms with Gasteiger partial charge in [0.1, 0.15) is 6.04 Å². The van der Waals surface area contributed by atoms with Gasteiger partial charge < -0.3 is 11.1 Å². The third-order valence-corrected chi connectivity index (χ3v) is 3.90. The van der Waals surface area contributed by atoms with Crippen LogP contribution < -0.4 is 11.1 Å². The lowest BCUT2D eigenvalue weighted by Crippen LogP contribution is -2.35. The molecule has 1 amide bonds. The molecule has 116 valence electrons. The summed E-state index contributed by atoms with van der Waals surface area (Å²) in [5.41, 5.74) is 9.21. The van der Waals surface area contributed by atoms with Crippen LogP contribution in [0.5, 0.6) is 0 Å². The van der Waals surface area contributed by atoms with Gasteiger partial charge in [0.05, 0.1) is 6.04 Å². The molecule has 0 radical (unpaired) electrons. The first-order chi connectivity index (χ1) is 10.5. The van der Waals surface area contributed by atoms with Crippen molar-refractivity contribution in [3.8, 4) is 0 Å². The maximum atomic E-state index is 12.3. The van der Waals surface area contributed by atoms with Gasteiger partial charge in [0, 0.05) is 0 Å². The van der Waals surface area contributed by atoms with Crippen LogP contribution >= 0.6 is 0 Å². The van der Waals surface area contributed by atoms with Crippen LogP contribution in [-0.2, 0) is 4.79 Å². The van der Waals surface area contributed by atoms with Gasteiger partial charge >= 0.3 is 0 Å². The molecule has 3 heteroatoms. The van der Waals surface area contributed by atoms with E-state index in [2.05, 4.69) is 43.4 Å². The molecule has 3 N–H and O–H groups in total. The molecule has 0 spiro atoms. The standard InChI is InChI=1S/C19H24N2O/c1-13(2)15-9-11-16(12-10-15)14(3)21-19(22)18(20)17-7-5-4-6-8-17/h4-14,18H,20H2,1-3H3,(H,21,22). The van der Waals surface area contributed by atoms with E-state index >= 15 is 0 Å². The second-order valence-corrected chi connectivity index (χ2v) is 5.94. The van der Waals surface area contributed by atoms with Crippen LogP contribution in [0.2, 0.25) is 0 Å². The number of carbonyl (C=O) groups excluding carboxylic acids is 1. The van der Waals surface area contributed by atoms with Crippen LogP contribution in [-0.4, -0.2) is 5.91 Å². The van der Waals surface area contributed by atoms with Gasteiger partial charge in [-0.05, 0) is 29.5 Å². The summed E-state index contributed by atoms with van der Waals surface area (Å²) in [6.07, 6.45) is 0. The lowest BCUT2D eigenvalue weighted by Gasteiger charge is -2.18. The fraction of sp³-hybridized carbons (Fsp3) is 0.316. The molecule has 0 heterocycles. The van der Waals surface area contributed by atoms with Gasteiger partial charge in [-0.25, -0.2) is 0 Å². The Morgan fingerprint density at radius 2 is 1.41 bits per heavy atom. The van der Waals surface area contributed by atoms with Gasteiger partial charge in [-0.1, -0.05) is 68.4 Å². The molecule has 0 aliphatic heterocycles. The molecule has 2 rings (SSSR count). The van der Waals surface area contributed by atoms with E-state index in [0.717, 1.165) is 11.1 Å². The van der Waals surface area contributed by atoms with Crippen molar-refractivity contribution >= 4 is 5.91 Å². The molecule has 0 fully saturated rings. The summed E-state index contributed by atoms with van der Waals surface area (Å²) in [6.45, 7) is 6.30. The second-order valence-electron chi connectivity index (χ2n) is 5.94. The molecule has 0 aliphatic rings. The van der Waals surface area contributed by atoms with Crippen molar-refractivity contribution in [3.05, 3.63) is 71.3 Å². The van der Waals surface area contributed by atoms with Crippen molar-refractivity contribution in [1.82, 2.24) is 5.32 Å². The van der Waals surface area contributed by atoms with E-state index in [9.17, 15) is 4.79 Å². The first kappa shape index (κ1) is 16.2. The van der Waals surface area contributed by atoms with E-state index in [4.69, 9.17) is 5.73 Å². The fourth-order valence-electron chi connectivity index (χ4n) is 2.37. The molecule has 0 aromatic heterocycles. The van der Waals surface area contributed by atoms with Crippen molar-refractivity contribution in [2.45, 2.75) is 38.8 Å². The van der Waals surface area contributed by atoms with E-state index in [1.165, 1.54) is 5.56 Å². The van der Waals surface area contributed by atoms with Crippen LogP contribution in [0, 0.1) is 0 Å². The van der Waals surface area contributed by atoms with E-state index in [1.54, 1.807) is 0 Å². The minimum Gasteiger partial charge on any atom is -0.348 e. The summed E-state index contributed by atoms with van der Waals surface area (Å²) in [4.78, 5) is 12.3. The number of nitrogens with one attached hydrogen (secondary N) is 1. The number of carbonyl (C=O) groups is 1. The molecular formula is C19H24N2O. The number of hydrogen-bond acceptors (Lipinski definition) is 2. The van der Waals surface area contributed by atoms with Gasteiger partial charge in [-0.2, -0.15) is 0 Å². The second kappa shape index (κ2) is 7.23. The van der Waals surface area contributed by atoms with E-state index in [1.807, 2.05) is 37.3 Å². The number of rotatable bonds is 5. The number of benzene rings is 2. The number of hydrogen-bond donors (Lipinski definition) is 2. The fourth-order valence-corrected chi connectivity index (χ4v) is 2.37. The molecule has 0 saturated heterocycles. The Morgan fingerprint density at radius 3 is 1.95 bits per heavy atom. The molecule has 2 unspecified atom stereocenters. The van der Waals surface area contributed by atoms with Crippen LogP contribution in [0.15, 0.2) is 54.6 Å². The lowest BCUT2D eigenvalue weighted by atomic mass is 9.99. The van der Waals surface area contributed by atoms with Crippen molar-refractivity contribution in [2.24, 2.45) is 5.73 Å². The summed E-state index contributed by atoms with van der Waals surface area (Å²) in [5, 5.41) is 2.98. The lowest BCUT2D eigenvalue weighted by molar-refractivity contribution is -0.123. The van der Waals surface area contributed by atoms with Crippen LogP contribution in [0.25, 0.3) is 0 Å². The SMILES string of the molecule is CC(C)c1ccc(C(C)NC(=O)C(N)c2ccccc2)cc1. The Bertz CT molecular complexity index is 605. The monoisotopic (exact) mass is 296 g/mol. The van der Waals surface area contributed by atoms with Crippen LogP contribution in [0.3, 0.4) is 0 Å². The molecule has 0 saturated carbocycles. The van der Waals surface area contributed by atoms with Gasteiger partial charge in [0.25, 0.3) is 0 Å². The van der Waals surface area contributed by atoms with Gasteiger partial charge in [0.15, 0.2) is 0 Å². The van der Waals surface area contributed by atoms with Gasteiger partial charge in [0.2, 0.25) is 5.91 Å². The van der Waals surface area contributed by atoms with E-state index < -0.39 is 6.04 Å². The highest BCUT2D eigenvalue weighted by Crippen LogP contribution is 2.19. The predicted octanol–water partition coefficient (Wildman–Crippen LogP) is 3.69. The van der Waals surface area contributed by atoms with Crippen LogP contribution in [0.1, 0.15) is 55.5 Å². The van der Waals surface area contributed by atoms with Crippen molar-refractivity contribution < 1.29 is 4.79 Å². The molecule has 0 bridgehead atoms. The Balaban J connectivity index is 2.01. The summed E-state index contributed by atoms with van der Waals surface area (Å²) in [5.74, 6) is 0.345. The maximum absolute atomic E-state index is 12.3. The summed E-state index contributed by atoms with van der Waals surface area (Å²) >= 11 is 0. The first-order valence-electron chi connectivity index (χ1n) is 7.69. The summed E-state index contributed by atoms with van der Waals surface area (Å²) < 4.78 is 0. The topological polar surface area (TPSA) is 55.1 Å². The van der Waals surface area contributed by atoms with Crippen molar-refractivity contribution in [3.63, 3.8) is 0 Å². The highest BCUT2D eigenvalue weighted by Gasteiger charge is 2.18. The smallest absolute Gasteiger partial charge is 0.241 e. The minimum atomic E-state index is -0.640. The molecular weight excluding hydrogens is 272 g/mol. The quantitative estimate of drug-likeness (QED) is 0.884. The highest BCUT2D eigenvalue weighted by molar-refractivity contribution is 5.83. The Kier molecular flexibility index (Phi) is 5.34. The van der Waals surface area contributed by atoms with Gasteiger partial charge in [-0.3, -0.25) is 4.79 Å². The average Bonchev–Trinajstić information content (AvgIpc) is 2.54. The summed E-state index contributed by atoms with van der Waals surface area (Å²) in [6, 6.07) is 17.1.